The van der Waals surface area contributed by atoms with E-state index in [1.807, 2.05) is 0 Å². The Bertz CT molecular complexity index is 3220. The number of benzene rings is 10. The number of nitrogens with zero attached hydrogens (tertiary/aromatic N) is 1. The second-order valence-corrected chi connectivity index (χ2v) is 15.3. The Morgan fingerprint density at radius 1 is 0.283 bits per heavy atom. The molecule has 0 atom stereocenters. The summed E-state index contributed by atoms with van der Waals surface area (Å²) in [7, 11) is 0. The van der Waals surface area contributed by atoms with Gasteiger partial charge in [-0.3, -0.25) is 0 Å². The smallest absolute Gasteiger partial charge is 0.143 e. The average molecular weight is 766 g/mol. The van der Waals surface area contributed by atoms with E-state index in [0.29, 0.717) is 0 Å². The maximum Gasteiger partial charge on any atom is 0.143 e. The molecule has 0 aliphatic heterocycles. The molecule has 11 aromatic rings. The third kappa shape index (κ3) is 6.51. The predicted molar refractivity (Wildman–Crippen MR) is 253 cm³/mol. The molecule has 282 valence electrons. The van der Waals surface area contributed by atoms with Gasteiger partial charge in [0.25, 0.3) is 0 Å². The molecule has 2 heteroatoms. The van der Waals surface area contributed by atoms with Crippen molar-refractivity contribution in [1.29, 1.82) is 0 Å². The fourth-order valence-corrected chi connectivity index (χ4v) is 8.68. The van der Waals surface area contributed by atoms with Gasteiger partial charge >= 0.3 is 0 Å². The first-order valence-electron chi connectivity index (χ1n) is 20.5. The first-order valence-corrected chi connectivity index (χ1v) is 20.5. The Hall–Kier alpha value is -7.94. The molecule has 0 N–H and O–H groups in total. The quantitative estimate of drug-likeness (QED) is 0.153. The Balaban J connectivity index is 1.03. The summed E-state index contributed by atoms with van der Waals surface area (Å²) in [5, 5.41) is 4.56. The van der Waals surface area contributed by atoms with Crippen LogP contribution in [0, 0.1) is 0 Å². The molecule has 0 bridgehead atoms. The van der Waals surface area contributed by atoms with Crippen molar-refractivity contribution in [2.24, 2.45) is 0 Å². The van der Waals surface area contributed by atoms with Gasteiger partial charge in [0.2, 0.25) is 0 Å². The summed E-state index contributed by atoms with van der Waals surface area (Å²) in [6.45, 7) is 0. The molecule has 0 amide bonds. The number of fused-ring (bicyclic) bond motifs is 5. The molecule has 2 nitrogen and oxygen atoms in total. The van der Waals surface area contributed by atoms with Crippen LogP contribution in [0.25, 0.3) is 88.3 Å². The van der Waals surface area contributed by atoms with E-state index in [1.54, 1.807) is 0 Å². The van der Waals surface area contributed by atoms with Gasteiger partial charge in [0.15, 0.2) is 0 Å². The van der Waals surface area contributed by atoms with Gasteiger partial charge in [-0.2, -0.15) is 0 Å². The largest absolute Gasteiger partial charge is 0.455 e. The molecule has 0 saturated carbocycles. The minimum absolute atomic E-state index is 0.889. The van der Waals surface area contributed by atoms with Crippen molar-refractivity contribution in [3.05, 3.63) is 237 Å². The zero-order valence-corrected chi connectivity index (χ0v) is 32.9. The number of hydrogen-bond acceptors (Lipinski definition) is 2. The summed E-state index contributed by atoms with van der Waals surface area (Å²) >= 11 is 0. The van der Waals surface area contributed by atoms with Crippen molar-refractivity contribution in [2.75, 3.05) is 4.90 Å². The Morgan fingerprint density at radius 2 is 0.767 bits per heavy atom. The Labute approximate surface area is 349 Å². The molecule has 11 rings (SSSR count). The van der Waals surface area contributed by atoms with Gasteiger partial charge in [-0.25, -0.2) is 0 Å². The lowest BCUT2D eigenvalue weighted by Gasteiger charge is -2.26. The molecular weight excluding hydrogens is 727 g/mol. The summed E-state index contributed by atoms with van der Waals surface area (Å²) in [4.78, 5) is 2.36. The van der Waals surface area contributed by atoms with E-state index in [9.17, 15) is 0 Å². The summed E-state index contributed by atoms with van der Waals surface area (Å²) in [5.74, 6) is 0. The van der Waals surface area contributed by atoms with E-state index in [2.05, 4.69) is 241 Å². The van der Waals surface area contributed by atoms with Crippen molar-refractivity contribution < 1.29 is 4.42 Å². The molecule has 0 spiro atoms. The van der Waals surface area contributed by atoms with Crippen LogP contribution in [0.15, 0.2) is 241 Å². The highest BCUT2D eigenvalue weighted by Gasteiger charge is 2.18. The van der Waals surface area contributed by atoms with E-state index in [1.165, 1.54) is 44.3 Å². The van der Waals surface area contributed by atoms with Crippen LogP contribution in [-0.2, 0) is 0 Å². The van der Waals surface area contributed by atoms with Crippen LogP contribution in [0.1, 0.15) is 0 Å². The molecule has 0 aliphatic carbocycles. The van der Waals surface area contributed by atoms with Gasteiger partial charge < -0.3 is 9.32 Å². The second-order valence-electron chi connectivity index (χ2n) is 15.3. The van der Waals surface area contributed by atoms with Crippen LogP contribution < -0.4 is 4.90 Å². The summed E-state index contributed by atoms with van der Waals surface area (Å²) in [5.41, 5.74) is 16.8. The van der Waals surface area contributed by atoms with E-state index in [4.69, 9.17) is 4.42 Å². The molecule has 0 unspecified atom stereocenters. The topological polar surface area (TPSA) is 16.4 Å². The average Bonchev–Trinajstić information content (AvgIpc) is 3.73. The monoisotopic (exact) mass is 765 g/mol. The van der Waals surface area contributed by atoms with Gasteiger partial charge in [-0.05, 0) is 128 Å². The third-order valence-electron chi connectivity index (χ3n) is 11.6. The number of rotatable bonds is 8. The normalized spacial score (nSPS) is 11.3. The highest BCUT2D eigenvalue weighted by molar-refractivity contribution is 6.19. The fraction of sp³-hybridized carbons (Fsp3) is 0. The number of furan rings is 1. The molecule has 1 aromatic heterocycles. The second kappa shape index (κ2) is 15.1. The van der Waals surface area contributed by atoms with E-state index < -0.39 is 0 Å². The lowest BCUT2D eigenvalue weighted by Crippen LogP contribution is -2.10. The van der Waals surface area contributed by atoms with Crippen molar-refractivity contribution in [1.82, 2.24) is 0 Å². The molecule has 10 aromatic carbocycles. The summed E-state index contributed by atoms with van der Waals surface area (Å²) < 4.78 is 6.59. The molecule has 60 heavy (non-hydrogen) atoms. The van der Waals surface area contributed by atoms with Crippen LogP contribution in [-0.4, -0.2) is 0 Å². The molecular formula is C58H39NO. The molecule has 0 saturated heterocycles. The van der Waals surface area contributed by atoms with Crippen molar-refractivity contribution in [2.45, 2.75) is 0 Å². The zero-order chi connectivity index (χ0) is 39.8. The first-order chi connectivity index (χ1) is 29.7. The SMILES string of the molecule is c1ccc(-c2ccc(N(c3ccc(-c4cc(-c5ccccc5)cc(-c5ccccc5)c4)cc3)c3cccc(-c4cccc5oc6c7ccccc7ccc6c45)c3)cc2)cc1. The molecule has 0 fully saturated rings. The minimum Gasteiger partial charge on any atom is -0.455 e. The van der Waals surface area contributed by atoms with Crippen molar-refractivity contribution in [3.63, 3.8) is 0 Å². The van der Waals surface area contributed by atoms with E-state index in [-0.39, 0.29) is 0 Å². The first kappa shape index (κ1) is 35.2. The van der Waals surface area contributed by atoms with Crippen LogP contribution in [0.3, 0.4) is 0 Å². The number of anilines is 3. The summed E-state index contributed by atoms with van der Waals surface area (Å²) in [6, 6.07) is 84.8. The highest BCUT2D eigenvalue weighted by atomic mass is 16.3. The third-order valence-corrected chi connectivity index (χ3v) is 11.6. The molecule has 1 heterocycles. The van der Waals surface area contributed by atoms with Gasteiger partial charge in [0.1, 0.15) is 11.2 Å². The van der Waals surface area contributed by atoms with Crippen molar-refractivity contribution >= 4 is 49.8 Å². The maximum absolute atomic E-state index is 6.59. The van der Waals surface area contributed by atoms with Gasteiger partial charge in [0, 0.05) is 33.2 Å². The van der Waals surface area contributed by atoms with E-state index >= 15 is 0 Å². The van der Waals surface area contributed by atoms with Gasteiger partial charge in [-0.1, -0.05) is 170 Å². The minimum atomic E-state index is 0.889. The van der Waals surface area contributed by atoms with Gasteiger partial charge in [0.05, 0.1) is 0 Å². The molecule has 0 radical (unpaired) electrons. The van der Waals surface area contributed by atoms with E-state index in [0.717, 1.165) is 61.1 Å². The summed E-state index contributed by atoms with van der Waals surface area (Å²) in [6.07, 6.45) is 0. The molecule has 0 aliphatic rings. The fourth-order valence-electron chi connectivity index (χ4n) is 8.68. The van der Waals surface area contributed by atoms with Crippen LogP contribution in [0.2, 0.25) is 0 Å². The van der Waals surface area contributed by atoms with Crippen molar-refractivity contribution in [3.8, 4) is 55.6 Å². The van der Waals surface area contributed by atoms with Crippen LogP contribution in [0.4, 0.5) is 17.1 Å². The van der Waals surface area contributed by atoms with Crippen LogP contribution >= 0.6 is 0 Å². The lowest BCUT2D eigenvalue weighted by molar-refractivity contribution is 0.673. The maximum atomic E-state index is 6.59. The highest BCUT2D eigenvalue weighted by Crippen LogP contribution is 2.43. The van der Waals surface area contributed by atoms with Crippen LogP contribution in [0.5, 0.6) is 0 Å². The van der Waals surface area contributed by atoms with Gasteiger partial charge in [-0.15, -0.1) is 0 Å². The Kier molecular flexibility index (Phi) is 8.87. The standard InChI is InChI=1S/C58H39NO/c1-4-14-40(15-5-1)43-26-31-50(32-27-43)59(51-33-28-44(29-34-51)49-37-47(41-16-6-2-7-17-41)36-48(38-49)42-18-8-3-9-19-42)52-22-12-21-46(39-52)53-24-13-25-56-57(53)55-35-30-45-20-10-11-23-54(45)58(55)60-56/h1-39H. The Morgan fingerprint density at radius 3 is 1.37 bits per heavy atom. The number of hydrogen-bond donors (Lipinski definition) is 0. The zero-order valence-electron chi connectivity index (χ0n) is 32.9. The lowest BCUT2D eigenvalue weighted by atomic mass is 9.93. The predicted octanol–water partition coefficient (Wildman–Crippen LogP) is 16.5.